The van der Waals surface area contributed by atoms with Gasteiger partial charge in [-0.25, -0.2) is 9.59 Å². The van der Waals surface area contributed by atoms with Gasteiger partial charge in [-0.2, -0.15) is 0 Å². The molecule has 0 spiro atoms. The lowest BCUT2D eigenvalue weighted by Gasteiger charge is -2.30. The van der Waals surface area contributed by atoms with Crippen LogP contribution < -0.4 is 16.0 Å². The molecule has 3 heterocycles. The van der Waals surface area contributed by atoms with Crippen molar-refractivity contribution in [2.75, 3.05) is 6.54 Å². The SMILES string of the molecule is CC(C)(C)OC(=O)N[C@H]1CCCCCC=C[C@@H]2C[C@@]2(C(=O)NC(=O)c2ccccc2)NC(=O)[C@@H]2C[C@@H](OC(=O)N3Cc4ccccc4C3)CN2C1=O. The van der Waals surface area contributed by atoms with E-state index >= 15 is 0 Å². The monoisotopic (exact) mass is 713 g/mol. The Kier molecular flexibility index (Phi) is 10.7. The van der Waals surface area contributed by atoms with Crippen LogP contribution in [0.25, 0.3) is 0 Å². The van der Waals surface area contributed by atoms with E-state index in [1.807, 2.05) is 36.4 Å². The van der Waals surface area contributed by atoms with E-state index < -0.39 is 65.1 Å². The molecule has 3 N–H and O–H groups in total. The third-order valence-corrected chi connectivity index (χ3v) is 9.97. The zero-order valence-corrected chi connectivity index (χ0v) is 29.9. The maximum Gasteiger partial charge on any atom is 0.410 e. The highest BCUT2D eigenvalue weighted by Gasteiger charge is 2.61. The highest BCUT2D eigenvalue weighted by Crippen LogP contribution is 2.45. The van der Waals surface area contributed by atoms with Crippen LogP contribution >= 0.6 is 0 Å². The summed E-state index contributed by atoms with van der Waals surface area (Å²) in [6.07, 6.45) is 5.16. The molecule has 13 nitrogen and oxygen atoms in total. The van der Waals surface area contributed by atoms with Crippen LogP contribution in [0, 0.1) is 5.92 Å². The first-order chi connectivity index (χ1) is 24.8. The van der Waals surface area contributed by atoms with Crippen molar-refractivity contribution in [2.45, 2.75) is 108 Å². The minimum absolute atomic E-state index is 0.0234. The fourth-order valence-corrected chi connectivity index (χ4v) is 7.17. The van der Waals surface area contributed by atoms with E-state index in [4.69, 9.17) is 9.47 Å². The molecule has 3 aliphatic heterocycles. The largest absolute Gasteiger partial charge is 0.444 e. The quantitative estimate of drug-likeness (QED) is 0.311. The number of hydrogen-bond acceptors (Lipinski definition) is 8. The average molecular weight is 714 g/mol. The van der Waals surface area contributed by atoms with E-state index in [9.17, 15) is 28.8 Å². The summed E-state index contributed by atoms with van der Waals surface area (Å²) in [6, 6.07) is 13.9. The molecule has 0 bridgehead atoms. The van der Waals surface area contributed by atoms with Gasteiger partial charge in [0.15, 0.2) is 0 Å². The van der Waals surface area contributed by atoms with E-state index in [1.54, 1.807) is 56.0 Å². The lowest BCUT2D eigenvalue weighted by molar-refractivity contribution is -0.141. The number of imide groups is 1. The van der Waals surface area contributed by atoms with E-state index in [-0.39, 0.29) is 25.3 Å². The van der Waals surface area contributed by atoms with Gasteiger partial charge in [0.05, 0.1) is 6.54 Å². The first-order valence-corrected chi connectivity index (χ1v) is 18.0. The molecule has 2 fully saturated rings. The van der Waals surface area contributed by atoms with E-state index in [0.717, 1.165) is 24.0 Å². The molecule has 6 rings (SSSR count). The summed E-state index contributed by atoms with van der Waals surface area (Å²) < 4.78 is 11.4. The number of nitrogens with one attached hydrogen (secondary N) is 3. The Morgan fingerprint density at radius 3 is 2.31 bits per heavy atom. The number of hydrogen-bond donors (Lipinski definition) is 3. The summed E-state index contributed by atoms with van der Waals surface area (Å²) >= 11 is 0. The maximum absolute atomic E-state index is 14.3. The molecular formula is C39H47N5O8. The molecule has 4 aliphatic rings. The molecule has 0 aromatic heterocycles. The number of nitrogens with zero attached hydrogens (tertiary/aromatic N) is 2. The minimum Gasteiger partial charge on any atom is -0.444 e. The fraction of sp³-hybridized carbons (Fsp3) is 0.487. The minimum atomic E-state index is -1.42. The van der Waals surface area contributed by atoms with Crippen molar-refractivity contribution in [3.63, 3.8) is 0 Å². The molecule has 1 aliphatic carbocycles. The molecule has 6 amide bonds. The Morgan fingerprint density at radius 1 is 0.923 bits per heavy atom. The van der Waals surface area contributed by atoms with Gasteiger partial charge in [-0.1, -0.05) is 67.5 Å². The number of ether oxygens (including phenoxy) is 2. The van der Waals surface area contributed by atoms with Gasteiger partial charge in [0.1, 0.15) is 29.3 Å². The van der Waals surface area contributed by atoms with Gasteiger partial charge < -0.3 is 25.0 Å². The smallest absolute Gasteiger partial charge is 0.410 e. The predicted molar refractivity (Wildman–Crippen MR) is 189 cm³/mol. The number of carbonyl (C=O) groups excluding carboxylic acids is 6. The van der Waals surface area contributed by atoms with Gasteiger partial charge in [0.25, 0.3) is 11.8 Å². The van der Waals surface area contributed by atoms with Crippen molar-refractivity contribution < 1.29 is 38.2 Å². The summed E-state index contributed by atoms with van der Waals surface area (Å²) in [6.45, 7) is 5.84. The summed E-state index contributed by atoms with van der Waals surface area (Å²) in [7, 11) is 0. The van der Waals surface area contributed by atoms with Crippen LogP contribution in [0.3, 0.4) is 0 Å². The van der Waals surface area contributed by atoms with Crippen molar-refractivity contribution >= 4 is 35.8 Å². The summed E-state index contributed by atoms with van der Waals surface area (Å²) in [5.74, 6) is -2.75. The van der Waals surface area contributed by atoms with Gasteiger partial charge in [-0.3, -0.25) is 29.4 Å². The lowest BCUT2D eigenvalue weighted by Crippen LogP contribution is -2.58. The Bertz CT molecular complexity index is 1710. The highest BCUT2D eigenvalue weighted by molar-refractivity contribution is 6.10. The van der Waals surface area contributed by atoms with Gasteiger partial charge in [-0.15, -0.1) is 0 Å². The molecule has 0 radical (unpaired) electrons. The third kappa shape index (κ3) is 8.46. The Labute approximate surface area is 303 Å². The molecule has 1 saturated carbocycles. The van der Waals surface area contributed by atoms with Crippen molar-refractivity contribution in [1.29, 1.82) is 0 Å². The molecule has 2 aromatic rings. The van der Waals surface area contributed by atoms with Crippen molar-refractivity contribution in [3.05, 3.63) is 83.4 Å². The van der Waals surface area contributed by atoms with Crippen molar-refractivity contribution in [3.8, 4) is 0 Å². The van der Waals surface area contributed by atoms with Crippen molar-refractivity contribution in [1.82, 2.24) is 25.8 Å². The van der Waals surface area contributed by atoms with Gasteiger partial charge in [-0.05, 0) is 69.7 Å². The maximum atomic E-state index is 14.3. The molecule has 5 atom stereocenters. The van der Waals surface area contributed by atoms with E-state index in [0.29, 0.717) is 37.9 Å². The van der Waals surface area contributed by atoms with Gasteiger partial charge >= 0.3 is 12.2 Å². The number of rotatable bonds is 4. The van der Waals surface area contributed by atoms with Crippen LogP contribution in [0.1, 0.15) is 87.2 Å². The number of alkyl carbamates (subject to hydrolysis) is 1. The molecule has 0 unspecified atom stereocenters. The normalized spacial score (nSPS) is 26.1. The molecule has 13 heteroatoms. The molecule has 1 saturated heterocycles. The average Bonchev–Trinajstić information content (AvgIpc) is 3.40. The van der Waals surface area contributed by atoms with Crippen LogP contribution in [0.15, 0.2) is 66.7 Å². The number of allylic oxidation sites excluding steroid dienone is 1. The second-order valence-corrected chi connectivity index (χ2v) is 15.1. The third-order valence-electron chi connectivity index (χ3n) is 9.97. The second kappa shape index (κ2) is 15.2. The Hall–Kier alpha value is -5.20. The Morgan fingerprint density at radius 2 is 1.62 bits per heavy atom. The first-order valence-electron chi connectivity index (χ1n) is 18.0. The zero-order valence-electron chi connectivity index (χ0n) is 29.9. The zero-order chi connectivity index (χ0) is 37.0. The molecule has 2 aromatic carbocycles. The highest BCUT2D eigenvalue weighted by atomic mass is 16.6. The lowest BCUT2D eigenvalue weighted by atomic mass is 10.0. The van der Waals surface area contributed by atoms with Crippen molar-refractivity contribution in [2.24, 2.45) is 5.92 Å². The van der Waals surface area contributed by atoms with Gasteiger partial charge in [0, 0.05) is 31.0 Å². The number of amides is 6. The van der Waals surface area contributed by atoms with Crippen LogP contribution in [-0.2, 0) is 36.9 Å². The Balaban J connectivity index is 1.25. The number of fused-ring (bicyclic) bond motifs is 3. The summed E-state index contributed by atoms with van der Waals surface area (Å²) in [4.78, 5) is 84.6. The van der Waals surface area contributed by atoms with E-state index in [1.165, 1.54) is 4.90 Å². The summed E-state index contributed by atoms with van der Waals surface area (Å²) in [5.41, 5.74) is 0.113. The first kappa shape index (κ1) is 36.6. The molecular weight excluding hydrogens is 666 g/mol. The standard InChI is InChI=1S/C39H47N5O8/c1-38(2,3)52-36(49)40-30-19-11-6-4-5-10-18-28-21-39(28,35(48)41-32(45)25-14-8-7-9-15-25)42-33(46)31-20-29(24-44(31)34(30)47)51-37(50)43-22-26-16-12-13-17-27(26)23-43/h7-10,12-18,28-31H,4-6,11,19-24H2,1-3H3,(H,40,49)(H,42,46)(H,41,45,48)/t28-,29-,30+,31+,39-/m1/s1. The van der Waals surface area contributed by atoms with Gasteiger partial charge in [0.2, 0.25) is 11.8 Å². The van der Waals surface area contributed by atoms with Crippen LogP contribution in [-0.4, -0.2) is 81.5 Å². The summed E-state index contributed by atoms with van der Waals surface area (Å²) in [5, 5.41) is 8.08. The van der Waals surface area contributed by atoms with Crippen LogP contribution in [0.5, 0.6) is 0 Å². The number of carbonyl (C=O) groups is 6. The van der Waals surface area contributed by atoms with E-state index in [2.05, 4.69) is 16.0 Å². The second-order valence-electron chi connectivity index (χ2n) is 15.1. The van der Waals surface area contributed by atoms with Crippen LogP contribution in [0.2, 0.25) is 0 Å². The predicted octanol–water partition coefficient (Wildman–Crippen LogP) is 4.35. The molecule has 52 heavy (non-hydrogen) atoms. The van der Waals surface area contributed by atoms with Crippen LogP contribution in [0.4, 0.5) is 9.59 Å². The fourth-order valence-electron chi connectivity index (χ4n) is 7.17. The topological polar surface area (TPSA) is 163 Å². The molecule has 276 valence electrons. The number of benzene rings is 2.